The number of carbonyl (C=O) groups is 1. The van der Waals surface area contributed by atoms with Crippen LogP contribution in [0.4, 0.5) is 20.7 Å². The Morgan fingerprint density at radius 1 is 1.33 bits per heavy atom. The summed E-state index contributed by atoms with van der Waals surface area (Å²) in [4.78, 5) is 20.7. The highest BCUT2D eigenvalue weighted by Gasteiger charge is 2.28. The number of anilines is 2. The minimum atomic E-state index is -0.882. The number of benzene rings is 1. The summed E-state index contributed by atoms with van der Waals surface area (Å²) in [5.41, 5.74) is 0.670. The molecule has 8 heteroatoms. The van der Waals surface area contributed by atoms with Gasteiger partial charge in [0, 0.05) is 12.6 Å². The van der Waals surface area contributed by atoms with Gasteiger partial charge in [-0.15, -0.1) is 0 Å². The summed E-state index contributed by atoms with van der Waals surface area (Å²) in [5.74, 6) is 1.31. The van der Waals surface area contributed by atoms with Gasteiger partial charge in [-0.1, -0.05) is 23.7 Å². The molecule has 1 fully saturated rings. The van der Waals surface area contributed by atoms with E-state index in [1.807, 2.05) is 49.9 Å². The zero-order valence-corrected chi connectivity index (χ0v) is 18.4. The number of carbonyl (C=O) groups excluding carboxylic acids is 1. The molecule has 1 amide bonds. The molecule has 1 aromatic heterocycles. The molecule has 1 aliphatic heterocycles. The van der Waals surface area contributed by atoms with Gasteiger partial charge in [0.25, 0.3) is 0 Å². The summed E-state index contributed by atoms with van der Waals surface area (Å²) in [7, 11) is 1.60. The fourth-order valence-corrected chi connectivity index (χ4v) is 3.41. The first-order valence-electron chi connectivity index (χ1n) is 9.84. The number of hydrogen-bond acceptors (Lipinski definition) is 5. The number of hydrogen-bond donors (Lipinski definition) is 0. The van der Waals surface area contributed by atoms with Crippen LogP contribution in [0.2, 0.25) is 5.02 Å². The molecule has 0 spiro atoms. The molecule has 0 unspecified atom stereocenters. The van der Waals surface area contributed by atoms with Crippen molar-refractivity contribution in [2.45, 2.75) is 45.5 Å². The predicted octanol–water partition coefficient (Wildman–Crippen LogP) is 5.23. The van der Waals surface area contributed by atoms with Gasteiger partial charge >= 0.3 is 6.09 Å². The van der Waals surface area contributed by atoms with E-state index in [9.17, 15) is 9.18 Å². The van der Waals surface area contributed by atoms with Crippen LogP contribution in [-0.4, -0.2) is 43.0 Å². The van der Waals surface area contributed by atoms with E-state index in [1.165, 1.54) is 11.1 Å². The molecule has 1 aliphatic rings. The Balaban J connectivity index is 1.94. The van der Waals surface area contributed by atoms with Gasteiger partial charge in [0.1, 0.15) is 23.3 Å². The van der Waals surface area contributed by atoms with E-state index >= 15 is 0 Å². The third-order valence-electron chi connectivity index (χ3n) is 4.68. The van der Waals surface area contributed by atoms with Crippen LogP contribution in [0, 0.1) is 0 Å². The van der Waals surface area contributed by atoms with Crippen LogP contribution >= 0.6 is 11.6 Å². The lowest BCUT2D eigenvalue weighted by atomic mass is 10.2. The van der Waals surface area contributed by atoms with E-state index < -0.39 is 17.9 Å². The molecule has 1 saturated heterocycles. The molecule has 1 atom stereocenters. The maximum absolute atomic E-state index is 13.7. The molecule has 162 valence electrons. The summed E-state index contributed by atoms with van der Waals surface area (Å²) in [6, 6.07) is 9.12. The molecule has 0 radical (unpaired) electrons. The standard InChI is InChI=1S/C22H27ClFN3O3/c1-22(2,3)30-21(28)27(13-15-5-7-17(29-4)8-6-15)19-11-20(25-12-18(19)23)26-10-9-16(24)14-26/h5-8,11-12,16H,9-10,13-14H2,1-4H3/t16-/m0/s1. The Morgan fingerprint density at radius 2 is 2.03 bits per heavy atom. The average Bonchev–Trinajstić information content (AvgIpc) is 3.12. The first-order chi connectivity index (χ1) is 14.2. The fraction of sp³-hybridized carbons (Fsp3) is 0.455. The van der Waals surface area contributed by atoms with Crippen LogP contribution in [0.5, 0.6) is 5.75 Å². The minimum absolute atomic E-state index is 0.244. The van der Waals surface area contributed by atoms with Crippen molar-refractivity contribution in [1.29, 1.82) is 0 Å². The van der Waals surface area contributed by atoms with Crippen LogP contribution in [0.15, 0.2) is 36.5 Å². The topological polar surface area (TPSA) is 54.9 Å². The van der Waals surface area contributed by atoms with Gasteiger partial charge < -0.3 is 14.4 Å². The molecule has 0 saturated carbocycles. The summed E-state index contributed by atoms with van der Waals surface area (Å²) in [6.45, 7) is 6.51. The fourth-order valence-electron chi connectivity index (χ4n) is 3.20. The third kappa shape index (κ3) is 5.53. The second-order valence-electron chi connectivity index (χ2n) is 8.24. The zero-order valence-electron chi connectivity index (χ0n) is 17.7. The zero-order chi connectivity index (χ0) is 21.9. The maximum atomic E-state index is 13.7. The monoisotopic (exact) mass is 435 g/mol. The van der Waals surface area contributed by atoms with Crippen molar-refractivity contribution in [2.75, 3.05) is 30.0 Å². The van der Waals surface area contributed by atoms with Crippen molar-refractivity contribution in [3.63, 3.8) is 0 Å². The molecule has 2 aromatic rings. The number of alkyl halides is 1. The Kier molecular flexibility index (Phi) is 6.71. The van der Waals surface area contributed by atoms with E-state index in [-0.39, 0.29) is 13.1 Å². The van der Waals surface area contributed by atoms with E-state index in [0.717, 1.165) is 11.3 Å². The quantitative estimate of drug-likeness (QED) is 0.643. The lowest BCUT2D eigenvalue weighted by Crippen LogP contribution is -2.37. The minimum Gasteiger partial charge on any atom is -0.497 e. The molecule has 0 bridgehead atoms. The van der Waals surface area contributed by atoms with Gasteiger partial charge in [0.2, 0.25) is 0 Å². The molecule has 2 heterocycles. The smallest absolute Gasteiger partial charge is 0.415 e. The van der Waals surface area contributed by atoms with Gasteiger partial charge in [-0.3, -0.25) is 4.90 Å². The van der Waals surface area contributed by atoms with Crippen LogP contribution in [0.1, 0.15) is 32.8 Å². The molecule has 3 rings (SSSR count). The molecule has 0 N–H and O–H groups in total. The van der Waals surface area contributed by atoms with Crippen molar-refractivity contribution in [3.05, 3.63) is 47.1 Å². The Bertz CT molecular complexity index is 886. The summed E-state index contributed by atoms with van der Waals surface area (Å²) in [5, 5.41) is 0.314. The molecule has 6 nitrogen and oxygen atoms in total. The number of methoxy groups -OCH3 is 1. The normalized spacial score (nSPS) is 16.5. The summed E-state index contributed by atoms with van der Waals surface area (Å²) >= 11 is 6.43. The number of halogens is 2. The molecule has 30 heavy (non-hydrogen) atoms. The lowest BCUT2D eigenvalue weighted by Gasteiger charge is -2.29. The van der Waals surface area contributed by atoms with Gasteiger partial charge in [0.05, 0.1) is 37.1 Å². The second kappa shape index (κ2) is 9.08. The first-order valence-corrected chi connectivity index (χ1v) is 10.2. The summed E-state index contributed by atoms with van der Waals surface area (Å²) < 4.78 is 24.5. The van der Waals surface area contributed by atoms with Crippen molar-refractivity contribution in [3.8, 4) is 5.75 Å². The first kappa shape index (κ1) is 22.2. The largest absolute Gasteiger partial charge is 0.497 e. The highest BCUT2D eigenvalue weighted by atomic mass is 35.5. The van der Waals surface area contributed by atoms with Crippen LogP contribution < -0.4 is 14.5 Å². The van der Waals surface area contributed by atoms with E-state index in [1.54, 1.807) is 13.2 Å². The number of ether oxygens (including phenoxy) is 2. The third-order valence-corrected chi connectivity index (χ3v) is 4.97. The van der Waals surface area contributed by atoms with E-state index in [2.05, 4.69) is 4.98 Å². The Hall–Kier alpha value is -2.54. The second-order valence-corrected chi connectivity index (χ2v) is 8.65. The molecule has 1 aromatic carbocycles. The SMILES string of the molecule is COc1ccc(CN(C(=O)OC(C)(C)C)c2cc(N3CC[C@H](F)C3)ncc2Cl)cc1. The van der Waals surface area contributed by atoms with Gasteiger partial charge in [-0.2, -0.15) is 0 Å². The number of nitrogens with zero attached hydrogens (tertiary/aromatic N) is 3. The van der Waals surface area contributed by atoms with E-state index in [4.69, 9.17) is 21.1 Å². The van der Waals surface area contributed by atoms with Crippen molar-refractivity contribution >= 4 is 29.2 Å². The van der Waals surface area contributed by atoms with Crippen molar-refractivity contribution < 1.29 is 18.7 Å². The number of aromatic nitrogens is 1. The predicted molar refractivity (Wildman–Crippen MR) is 116 cm³/mol. The Morgan fingerprint density at radius 3 is 2.60 bits per heavy atom. The number of rotatable bonds is 5. The highest BCUT2D eigenvalue weighted by molar-refractivity contribution is 6.33. The summed E-state index contributed by atoms with van der Waals surface area (Å²) in [6.07, 6.45) is 0.541. The van der Waals surface area contributed by atoms with Crippen LogP contribution in [-0.2, 0) is 11.3 Å². The van der Waals surface area contributed by atoms with Gasteiger partial charge in [-0.05, 0) is 44.9 Å². The maximum Gasteiger partial charge on any atom is 0.415 e. The van der Waals surface area contributed by atoms with Gasteiger partial charge in [-0.25, -0.2) is 14.2 Å². The molecular formula is C22H27ClFN3O3. The van der Waals surface area contributed by atoms with Crippen molar-refractivity contribution in [2.24, 2.45) is 0 Å². The van der Waals surface area contributed by atoms with Gasteiger partial charge in [0.15, 0.2) is 0 Å². The number of pyridine rings is 1. The highest BCUT2D eigenvalue weighted by Crippen LogP contribution is 2.33. The van der Waals surface area contributed by atoms with Crippen LogP contribution in [0.3, 0.4) is 0 Å². The lowest BCUT2D eigenvalue weighted by molar-refractivity contribution is 0.0577. The number of amides is 1. The molecule has 0 aliphatic carbocycles. The van der Waals surface area contributed by atoms with Crippen LogP contribution in [0.25, 0.3) is 0 Å². The molecular weight excluding hydrogens is 409 g/mol. The average molecular weight is 436 g/mol. The van der Waals surface area contributed by atoms with E-state index in [0.29, 0.717) is 29.5 Å². The van der Waals surface area contributed by atoms with Crippen molar-refractivity contribution in [1.82, 2.24) is 4.98 Å². The Labute approximate surface area is 181 Å².